The van der Waals surface area contributed by atoms with Crippen LogP contribution in [-0.4, -0.2) is 79.6 Å². The van der Waals surface area contributed by atoms with Gasteiger partial charge in [-0.25, -0.2) is 19.2 Å². The Labute approximate surface area is 191 Å². The van der Waals surface area contributed by atoms with Gasteiger partial charge in [-0.15, -0.1) is 0 Å². The van der Waals surface area contributed by atoms with Crippen molar-refractivity contribution in [2.45, 2.75) is 6.92 Å². The summed E-state index contributed by atoms with van der Waals surface area (Å²) in [6, 6.07) is 6.04. The number of allylic oxidation sites excluding steroid dienone is 1. The van der Waals surface area contributed by atoms with Crippen LogP contribution in [0.1, 0.15) is 62.9 Å². The summed E-state index contributed by atoms with van der Waals surface area (Å²) < 4.78 is 0. The molecular formula is C20H15NaO9. The van der Waals surface area contributed by atoms with E-state index in [4.69, 9.17) is 5.11 Å². The Morgan fingerprint density at radius 2 is 1.23 bits per heavy atom. The summed E-state index contributed by atoms with van der Waals surface area (Å²) in [5.74, 6) is -7.01. The minimum absolute atomic E-state index is 0. The average Bonchev–Trinajstić information content (AvgIpc) is 2.65. The zero-order chi connectivity index (χ0) is 21.9. The Kier molecular flexibility index (Phi) is 8.23. The number of hydrogen-bond acceptors (Lipinski definition) is 5. The first-order valence-electron chi connectivity index (χ1n) is 7.98. The number of carbonyl (C=O) groups excluding carboxylic acids is 1. The van der Waals surface area contributed by atoms with Crippen molar-refractivity contribution in [3.05, 3.63) is 75.4 Å². The van der Waals surface area contributed by atoms with Crippen molar-refractivity contribution in [3.8, 4) is 0 Å². The van der Waals surface area contributed by atoms with Crippen molar-refractivity contribution in [1.82, 2.24) is 0 Å². The minimum atomic E-state index is -1.62. The van der Waals surface area contributed by atoms with Crippen LogP contribution >= 0.6 is 0 Å². The molecule has 0 spiro atoms. The third kappa shape index (κ3) is 5.01. The fourth-order valence-electron chi connectivity index (χ4n) is 2.79. The summed E-state index contributed by atoms with van der Waals surface area (Å²) in [4.78, 5) is 58.1. The maximum absolute atomic E-state index is 12.5. The summed E-state index contributed by atoms with van der Waals surface area (Å²) in [7, 11) is 0. The predicted octanol–water partition coefficient (Wildman–Crippen LogP) is 2.04. The molecule has 0 aliphatic rings. The van der Waals surface area contributed by atoms with Gasteiger partial charge in [0.1, 0.15) is 0 Å². The van der Waals surface area contributed by atoms with Gasteiger partial charge < -0.3 is 20.4 Å². The first-order chi connectivity index (χ1) is 13.6. The van der Waals surface area contributed by atoms with Crippen LogP contribution < -0.4 is 0 Å². The molecule has 10 heteroatoms. The van der Waals surface area contributed by atoms with Gasteiger partial charge in [0.2, 0.25) is 0 Å². The molecule has 0 radical (unpaired) electrons. The predicted molar refractivity (Wildman–Crippen MR) is 106 cm³/mol. The number of hydrogen-bond donors (Lipinski definition) is 4. The van der Waals surface area contributed by atoms with Gasteiger partial charge in [-0.05, 0) is 30.2 Å². The molecule has 0 saturated carbocycles. The third-order valence-electron chi connectivity index (χ3n) is 4.06. The normalized spacial score (nSPS) is 10.3. The Morgan fingerprint density at radius 1 is 0.700 bits per heavy atom. The summed E-state index contributed by atoms with van der Waals surface area (Å²) in [6.45, 7) is 1.42. The van der Waals surface area contributed by atoms with E-state index in [1.807, 2.05) is 0 Å². The fraction of sp³-hybridized carbons (Fsp3) is 0.0500. The molecule has 4 N–H and O–H groups in total. The van der Waals surface area contributed by atoms with E-state index >= 15 is 0 Å². The Hall–Kier alpha value is -3.27. The van der Waals surface area contributed by atoms with Crippen LogP contribution in [-0.2, 0) is 0 Å². The molecule has 2 aromatic carbocycles. The van der Waals surface area contributed by atoms with Crippen molar-refractivity contribution in [1.29, 1.82) is 0 Å². The molecule has 30 heavy (non-hydrogen) atoms. The molecule has 0 aromatic heterocycles. The van der Waals surface area contributed by atoms with Crippen molar-refractivity contribution in [2.24, 2.45) is 0 Å². The van der Waals surface area contributed by atoms with Gasteiger partial charge in [-0.2, -0.15) is 0 Å². The van der Waals surface area contributed by atoms with E-state index in [2.05, 4.69) is 0 Å². The summed E-state index contributed by atoms with van der Waals surface area (Å²) in [5, 5.41) is 37.1. The van der Waals surface area contributed by atoms with E-state index < -0.39 is 57.5 Å². The first kappa shape index (κ1) is 24.8. The number of carbonyl (C=O) groups is 5. The second-order valence-electron chi connectivity index (χ2n) is 5.87. The van der Waals surface area contributed by atoms with E-state index in [1.54, 1.807) is 0 Å². The monoisotopic (exact) mass is 422 g/mol. The molecule has 0 unspecified atom stereocenters. The van der Waals surface area contributed by atoms with Crippen LogP contribution in [0.15, 0.2) is 36.4 Å². The van der Waals surface area contributed by atoms with E-state index in [9.17, 15) is 39.3 Å². The van der Waals surface area contributed by atoms with Crippen LogP contribution in [0.2, 0.25) is 0 Å². The number of benzene rings is 2. The second-order valence-corrected chi connectivity index (χ2v) is 5.87. The number of ketones is 1. The topological polar surface area (TPSA) is 166 Å². The molecule has 9 nitrogen and oxygen atoms in total. The molecule has 2 aromatic rings. The molecule has 0 bridgehead atoms. The summed E-state index contributed by atoms with van der Waals surface area (Å²) in [6.07, 6.45) is 1.90. The zero-order valence-electron chi connectivity index (χ0n) is 14.9. The molecule has 150 valence electrons. The number of carboxylic acids is 4. The summed E-state index contributed by atoms with van der Waals surface area (Å²) >= 11 is 0. The Bertz CT molecular complexity index is 1100. The number of rotatable bonds is 7. The van der Waals surface area contributed by atoms with E-state index in [1.165, 1.54) is 25.1 Å². The van der Waals surface area contributed by atoms with Gasteiger partial charge in [0.15, 0.2) is 5.78 Å². The zero-order valence-corrected chi connectivity index (χ0v) is 14.9. The van der Waals surface area contributed by atoms with Crippen LogP contribution in [0.5, 0.6) is 0 Å². The molecule has 0 atom stereocenters. The van der Waals surface area contributed by atoms with Gasteiger partial charge >= 0.3 is 53.4 Å². The number of aryl methyl sites for hydroxylation is 1. The van der Waals surface area contributed by atoms with Crippen LogP contribution in [0.4, 0.5) is 0 Å². The third-order valence-corrected chi connectivity index (χ3v) is 4.06. The van der Waals surface area contributed by atoms with Gasteiger partial charge in [-0.3, -0.25) is 4.79 Å². The fourth-order valence-corrected chi connectivity index (χ4v) is 2.79. The molecule has 0 aliphatic heterocycles. The molecule has 2 rings (SSSR count). The van der Waals surface area contributed by atoms with Crippen molar-refractivity contribution < 1.29 is 44.4 Å². The van der Waals surface area contributed by atoms with Gasteiger partial charge in [0.25, 0.3) is 0 Å². The Morgan fingerprint density at radius 3 is 1.73 bits per heavy atom. The van der Waals surface area contributed by atoms with Crippen molar-refractivity contribution in [2.75, 3.05) is 0 Å². The SMILES string of the molecule is Cc1ccc(/C=C/C(=O)c2cccc(C(=O)O)c2C(=O)O)c(C(=O)O)c1C(=O)O.[NaH]. The molecule has 0 fully saturated rings. The van der Waals surface area contributed by atoms with Crippen molar-refractivity contribution >= 4 is 65.3 Å². The first-order valence-corrected chi connectivity index (χ1v) is 7.98. The van der Waals surface area contributed by atoms with E-state index in [0.29, 0.717) is 0 Å². The maximum atomic E-state index is 12.5. The van der Waals surface area contributed by atoms with E-state index in [-0.39, 0.29) is 40.7 Å². The van der Waals surface area contributed by atoms with Gasteiger partial charge in [-0.1, -0.05) is 30.3 Å². The molecule has 0 heterocycles. The standard InChI is InChI=1S/C20H14O9.Na.H/c1-9-5-6-10(15(19(26)27)14(9)18(24)25)7-8-13(21)11-3-2-4-12(17(22)23)16(11)20(28)29;;/h2-8H,1H3,(H,22,23)(H,24,25)(H,26,27)(H,28,29);;/b8-7+;;. The number of aromatic carboxylic acids is 4. The van der Waals surface area contributed by atoms with Crippen LogP contribution in [0, 0.1) is 6.92 Å². The molecule has 0 aliphatic carbocycles. The van der Waals surface area contributed by atoms with E-state index in [0.717, 1.165) is 24.3 Å². The number of carboxylic acid groups (broad SMARTS) is 4. The van der Waals surface area contributed by atoms with Crippen molar-refractivity contribution in [3.63, 3.8) is 0 Å². The summed E-state index contributed by atoms with van der Waals surface area (Å²) in [5.41, 5.74) is -2.53. The quantitative estimate of drug-likeness (QED) is 0.297. The van der Waals surface area contributed by atoms with Gasteiger partial charge in [0.05, 0.1) is 22.3 Å². The second kappa shape index (κ2) is 9.97. The Balaban J connectivity index is 0.00000450. The average molecular weight is 422 g/mol. The van der Waals surface area contributed by atoms with Crippen LogP contribution in [0.3, 0.4) is 0 Å². The van der Waals surface area contributed by atoms with Gasteiger partial charge in [0, 0.05) is 5.56 Å². The molecule has 0 amide bonds. The molecular weight excluding hydrogens is 407 g/mol. The molecule has 0 saturated heterocycles. The van der Waals surface area contributed by atoms with Crippen LogP contribution in [0.25, 0.3) is 6.08 Å².